The third-order valence-electron chi connectivity index (χ3n) is 4.88. The van der Waals surface area contributed by atoms with Crippen LogP contribution in [0.15, 0.2) is 12.1 Å². The van der Waals surface area contributed by atoms with Crippen LogP contribution in [-0.2, 0) is 0 Å². The molecule has 0 radical (unpaired) electrons. The van der Waals surface area contributed by atoms with Crippen molar-refractivity contribution in [2.45, 2.75) is 31.8 Å². The van der Waals surface area contributed by atoms with Crippen molar-refractivity contribution in [3.05, 3.63) is 22.7 Å². The molecule has 0 aromatic heterocycles. The monoisotopic (exact) mass is 338 g/mol. The zero-order valence-corrected chi connectivity index (χ0v) is 14.6. The minimum atomic E-state index is 0.00639. The average molecular weight is 339 g/mol. The summed E-state index contributed by atoms with van der Waals surface area (Å²) in [5.74, 6) is 0.946. The molecule has 0 saturated carbocycles. The second kappa shape index (κ2) is 6.57. The highest BCUT2D eigenvalue weighted by Gasteiger charge is 2.37. The Kier molecular flexibility index (Phi) is 4.69. The number of hydrogen-bond acceptors (Lipinski definition) is 4. The van der Waals surface area contributed by atoms with E-state index in [1.54, 1.807) is 19.2 Å². The van der Waals surface area contributed by atoms with E-state index in [2.05, 4.69) is 11.8 Å². The molecule has 0 aliphatic carbocycles. The molecule has 5 nitrogen and oxygen atoms in total. The van der Waals surface area contributed by atoms with Crippen LogP contribution < -0.4 is 9.47 Å². The molecular formula is C17H23ClN2O3. The quantitative estimate of drug-likeness (QED) is 0.849. The molecule has 3 rings (SSSR count). The van der Waals surface area contributed by atoms with Crippen molar-refractivity contribution < 1.29 is 14.3 Å². The van der Waals surface area contributed by atoms with Crippen LogP contribution >= 0.6 is 11.6 Å². The van der Waals surface area contributed by atoms with Crippen molar-refractivity contribution in [1.29, 1.82) is 0 Å². The molecule has 0 N–H and O–H groups in total. The average Bonchev–Trinajstić information content (AvgIpc) is 2.99. The van der Waals surface area contributed by atoms with Gasteiger partial charge in [-0.15, -0.1) is 0 Å². The first-order valence-electron chi connectivity index (χ1n) is 8.01. The van der Waals surface area contributed by atoms with Crippen molar-refractivity contribution in [2.75, 3.05) is 33.9 Å². The van der Waals surface area contributed by atoms with Gasteiger partial charge in [0.1, 0.15) is 0 Å². The molecule has 1 amide bonds. The number of ether oxygens (including phenoxy) is 2. The van der Waals surface area contributed by atoms with Crippen LogP contribution in [0.3, 0.4) is 0 Å². The molecule has 1 aromatic rings. The molecule has 23 heavy (non-hydrogen) atoms. The van der Waals surface area contributed by atoms with E-state index in [9.17, 15) is 4.79 Å². The van der Waals surface area contributed by atoms with Crippen LogP contribution in [0.1, 0.15) is 30.1 Å². The van der Waals surface area contributed by atoms with Gasteiger partial charge in [0.05, 0.1) is 19.2 Å². The predicted molar refractivity (Wildman–Crippen MR) is 89.6 cm³/mol. The number of carbonyl (C=O) groups is 1. The normalized spacial score (nSPS) is 24.4. The summed E-state index contributed by atoms with van der Waals surface area (Å²) in [7, 11) is 3.08. The number of methoxy groups -OCH3 is 2. The number of nitrogens with zero attached hydrogens (tertiary/aromatic N) is 2. The van der Waals surface area contributed by atoms with E-state index in [1.807, 2.05) is 4.90 Å². The Morgan fingerprint density at radius 1 is 1.26 bits per heavy atom. The molecule has 0 spiro atoms. The molecular weight excluding hydrogens is 316 g/mol. The number of benzene rings is 1. The third kappa shape index (κ3) is 3.00. The van der Waals surface area contributed by atoms with Gasteiger partial charge >= 0.3 is 0 Å². The number of carbonyl (C=O) groups excluding carboxylic acids is 1. The fourth-order valence-corrected chi connectivity index (χ4v) is 3.97. The number of amides is 1. The number of hydrogen-bond donors (Lipinski definition) is 0. The molecule has 2 aliphatic rings. The SMILES string of the molecule is COc1cc(C(=O)N2C[C@@H]3CCCN3C[C@@H]2C)cc(Cl)c1OC. The van der Waals surface area contributed by atoms with Gasteiger partial charge in [-0.25, -0.2) is 0 Å². The summed E-state index contributed by atoms with van der Waals surface area (Å²) in [4.78, 5) is 17.4. The Morgan fingerprint density at radius 2 is 2.04 bits per heavy atom. The number of halogens is 1. The summed E-state index contributed by atoms with van der Waals surface area (Å²) in [5, 5.41) is 0.391. The Hall–Kier alpha value is -1.46. The zero-order chi connectivity index (χ0) is 16.6. The van der Waals surface area contributed by atoms with E-state index in [1.165, 1.54) is 20.0 Å². The third-order valence-corrected chi connectivity index (χ3v) is 5.16. The maximum absolute atomic E-state index is 13.0. The van der Waals surface area contributed by atoms with Gasteiger partial charge in [-0.2, -0.15) is 0 Å². The predicted octanol–water partition coefficient (Wildman–Crippen LogP) is 2.67. The maximum atomic E-state index is 13.0. The lowest BCUT2D eigenvalue weighted by Gasteiger charge is -2.42. The molecule has 1 aromatic carbocycles. The van der Waals surface area contributed by atoms with Crippen molar-refractivity contribution in [1.82, 2.24) is 9.80 Å². The maximum Gasteiger partial charge on any atom is 0.254 e. The molecule has 126 valence electrons. The lowest BCUT2D eigenvalue weighted by atomic mass is 10.1. The highest BCUT2D eigenvalue weighted by molar-refractivity contribution is 6.32. The number of piperazine rings is 1. The first-order valence-corrected chi connectivity index (χ1v) is 8.39. The molecule has 2 aliphatic heterocycles. The molecule has 6 heteroatoms. The van der Waals surface area contributed by atoms with E-state index in [4.69, 9.17) is 21.1 Å². The van der Waals surface area contributed by atoms with Crippen molar-refractivity contribution in [3.63, 3.8) is 0 Å². The summed E-state index contributed by atoms with van der Waals surface area (Å²) < 4.78 is 10.5. The van der Waals surface area contributed by atoms with Crippen molar-refractivity contribution >= 4 is 17.5 Å². The fraction of sp³-hybridized carbons (Fsp3) is 0.588. The summed E-state index contributed by atoms with van der Waals surface area (Å²) in [6, 6.07) is 4.06. The van der Waals surface area contributed by atoms with Gasteiger partial charge in [0, 0.05) is 30.7 Å². The minimum Gasteiger partial charge on any atom is -0.493 e. The zero-order valence-electron chi connectivity index (χ0n) is 13.8. The van der Waals surface area contributed by atoms with Crippen molar-refractivity contribution in [2.24, 2.45) is 0 Å². The second-order valence-electron chi connectivity index (χ2n) is 6.29. The van der Waals surface area contributed by atoms with Crippen LogP contribution in [0.25, 0.3) is 0 Å². The smallest absolute Gasteiger partial charge is 0.254 e. The first kappa shape index (κ1) is 16.4. The topological polar surface area (TPSA) is 42.0 Å². The summed E-state index contributed by atoms with van der Waals surface area (Å²) in [5.41, 5.74) is 0.547. The second-order valence-corrected chi connectivity index (χ2v) is 6.70. The number of rotatable bonds is 3. The highest BCUT2D eigenvalue weighted by Crippen LogP contribution is 2.37. The van der Waals surface area contributed by atoms with E-state index in [0.29, 0.717) is 28.1 Å². The van der Waals surface area contributed by atoms with E-state index < -0.39 is 0 Å². The Balaban J connectivity index is 1.86. The van der Waals surface area contributed by atoms with E-state index in [0.717, 1.165) is 19.6 Å². The molecule has 0 bridgehead atoms. The standard InChI is InChI=1S/C17H23ClN2O3/c1-11-9-19-6-4-5-13(19)10-20(11)17(21)12-7-14(18)16(23-3)15(8-12)22-2/h7-8,11,13H,4-6,9-10H2,1-3H3/t11-,13-/m0/s1. The first-order chi connectivity index (χ1) is 11.0. The number of fused-ring (bicyclic) bond motifs is 1. The Bertz CT molecular complexity index is 608. The van der Waals surface area contributed by atoms with Gasteiger partial charge in [-0.05, 0) is 38.4 Å². The highest BCUT2D eigenvalue weighted by atomic mass is 35.5. The van der Waals surface area contributed by atoms with Gasteiger partial charge in [0.15, 0.2) is 11.5 Å². The Morgan fingerprint density at radius 3 is 2.74 bits per heavy atom. The molecule has 0 unspecified atom stereocenters. The van der Waals surface area contributed by atoms with Crippen molar-refractivity contribution in [3.8, 4) is 11.5 Å². The van der Waals surface area contributed by atoms with Gasteiger partial charge in [0.25, 0.3) is 5.91 Å². The van der Waals surface area contributed by atoms with Gasteiger partial charge in [-0.3, -0.25) is 9.69 Å². The molecule has 2 heterocycles. The molecule has 2 atom stereocenters. The summed E-state index contributed by atoms with van der Waals surface area (Å²) in [6.45, 7) is 4.98. The fourth-order valence-electron chi connectivity index (χ4n) is 3.68. The van der Waals surface area contributed by atoms with E-state index >= 15 is 0 Å². The van der Waals surface area contributed by atoms with Gasteiger partial charge in [-0.1, -0.05) is 11.6 Å². The van der Waals surface area contributed by atoms with Crippen LogP contribution in [0, 0.1) is 0 Å². The molecule has 2 saturated heterocycles. The summed E-state index contributed by atoms with van der Waals surface area (Å²) in [6.07, 6.45) is 2.39. The van der Waals surface area contributed by atoms with Crippen LogP contribution in [0.4, 0.5) is 0 Å². The van der Waals surface area contributed by atoms with E-state index in [-0.39, 0.29) is 11.9 Å². The lowest BCUT2D eigenvalue weighted by molar-refractivity contribution is 0.0395. The van der Waals surface area contributed by atoms with Crippen LogP contribution in [-0.4, -0.2) is 61.6 Å². The largest absolute Gasteiger partial charge is 0.493 e. The van der Waals surface area contributed by atoms with Gasteiger partial charge < -0.3 is 14.4 Å². The summed E-state index contributed by atoms with van der Waals surface area (Å²) >= 11 is 6.24. The minimum absolute atomic E-state index is 0.00639. The van der Waals surface area contributed by atoms with Crippen LogP contribution in [0.5, 0.6) is 11.5 Å². The lowest BCUT2D eigenvalue weighted by Crippen LogP contribution is -2.56. The van der Waals surface area contributed by atoms with Crippen LogP contribution in [0.2, 0.25) is 5.02 Å². The Labute approximate surface area is 142 Å². The molecule has 2 fully saturated rings. The van der Waals surface area contributed by atoms with Gasteiger partial charge in [0.2, 0.25) is 0 Å².